The van der Waals surface area contributed by atoms with Gasteiger partial charge >= 0.3 is 0 Å². The second kappa shape index (κ2) is 8.79. The van der Waals surface area contributed by atoms with Gasteiger partial charge in [0.2, 0.25) is 5.91 Å². The van der Waals surface area contributed by atoms with Gasteiger partial charge < -0.3 is 10.6 Å². The Hall–Kier alpha value is -4.00. The normalized spacial score (nSPS) is 16.5. The summed E-state index contributed by atoms with van der Waals surface area (Å²) in [5.41, 5.74) is 9.07. The van der Waals surface area contributed by atoms with E-state index in [0.717, 1.165) is 11.1 Å². The minimum atomic E-state index is -0.242. The van der Waals surface area contributed by atoms with Crippen LogP contribution in [0.1, 0.15) is 22.3 Å². The van der Waals surface area contributed by atoms with Gasteiger partial charge in [0.25, 0.3) is 0 Å². The van der Waals surface area contributed by atoms with Gasteiger partial charge in [0.15, 0.2) is 5.78 Å². The monoisotopic (exact) mass is 382 g/mol. The number of benzene rings is 2. The van der Waals surface area contributed by atoms with Crippen molar-refractivity contribution in [3.63, 3.8) is 0 Å². The number of ketones is 1. The average molecular weight is 382 g/mol. The molecule has 2 N–H and O–H groups in total. The Morgan fingerprint density at radius 1 is 0.897 bits per heavy atom. The Morgan fingerprint density at radius 2 is 1.31 bits per heavy atom. The molecule has 0 radical (unpaired) electrons. The quantitative estimate of drug-likeness (QED) is 0.819. The molecule has 0 aromatic heterocycles. The maximum Gasteiger partial charge on any atom is 0.236 e. The average Bonchev–Trinajstić information content (AvgIpc) is 2.76. The zero-order chi connectivity index (χ0) is 20.8. The lowest BCUT2D eigenvalue weighted by atomic mass is 9.94. The van der Waals surface area contributed by atoms with E-state index in [1.165, 1.54) is 0 Å². The van der Waals surface area contributed by atoms with Crippen molar-refractivity contribution in [3.8, 4) is 12.1 Å². The molecule has 29 heavy (non-hydrogen) atoms. The molecule has 3 rings (SSSR count). The number of nitrogens with two attached hydrogens (primary N) is 1. The predicted molar refractivity (Wildman–Crippen MR) is 109 cm³/mol. The van der Waals surface area contributed by atoms with Gasteiger partial charge in [0, 0.05) is 24.2 Å². The van der Waals surface area contributed by atoms with Crippen molar-refractivity contribution in [2.75, 3.05) is 19.6 Å². The third-order valence-corrected chi connectivity index (χ3v) is 4.59. The molecule has 0 saturated carbocycles. The van der Waals surface area contributed by atoms with Crippen molar-refractivity contribution in [2.24, 2.45) is 5.73 Å². The number of amides is 1. The van der Waals surface area contributed by atoms with Crippen molar-refractivity contribution in [3.05, 3.63) is 81.9 Å². The van der Waals surface area contributed by atoms with Crippen LogP contribution in [-0.4, -0.2) is 36.2 Å². The summed E-state index contributed by atoms with van der Waals surface area (Å²) in [7, 11) is 0. The van der Waals surface area contributed by atoms with Crippen LogP contribution in [0.3, 0.4) is 0 Å². The van der Waals surface area contributed by atoms with Gasteiger partial charge in [-0.3, -0.25) is 9.59 Å². The first-order valence-electron chi connectivity index (χ1n) is 8.98. The highest BCUT2D eigenvalue weighted by Crippen LogP contribution is 2.22. The van der Waals surface area contributed by atoms with Crippen LogP contribution in [0.4, 0.5) is 0 Å². The van der Waals surface area contributed by atoms with E-state index in [0.29, 0.717) is 22.3 Å². The van der Waals surface area contributed by atoms with E-state index < -0.39 is 0 Å². The number of piperidine rings is 1. The summed E-state index contributed by atoms with van der Waals surface area (Å²) in [5, 5.41) is 17.8. The number of carbonyl (C=O) groups excluding carboxylic acids is 2. The third-order valence-electron chi connectivity index (χ3n) is 4.59. The van der Waals surface area contributed by atoms with Crippen LogP contribution in [0.2, 0.25) is 0 Å². The van der Waals surface area contributed by atoms with E-state index in [-0.39, 0.29) is 31.3 Å². The van der Waals surface area contributed by atoms with E-state index in [1.54, 1.807) is 65.6 Å². The molecule has 1 amide bonds. The van der Waals surface area contributed by atoms with Gasteiger partial charge in [0.05, 0.1) is 29.8 Å². The highest BCUT2D eigenvalue weighted by molar-refractivity contribution is 6.15. The SMILES string of the molecule is N#Cc1ccc(/C=C2\CN(C(=O)CN)C/C(=C\c3ccc(C#N)cc3)C2=O)cc1. The Labute approximate surface area is 168 Å². The zero-order valence-electron chi connectivity index (χ0n) is 15.6. The number of likely N-dealkylation sites (tertiary alicyclic amines) is 1. The van der Waals surface area contributed by atoms with Crippen molar-refractivity contribution < 1.29 is 9.59 Å². The second-order valence-electron chi connectivity index (χ2n) is 6.59. The molecule has 142 valence electrons. The van der Waals surface area contributed by atoms with Gasteiger partial charge in [0.1, 0.15) is 0 Å². The lowest BCUT2D eigenvalue weighted by Gasteiger charge is -2.29. The van der Waals surface area contributed by atoms with Gasteiger partial charge in [-0.25, -0.2) is 0 Å². The smallest absolute Gasteiger partial charge is 0.236 e. The summed E-state index contributed by atoms with van der Waals surface area (Å²) in [6.07, 6.45) is 3.46. The van der Waals surface area contributed by atoms with Gasteiger partial charge in [-0.1, -0.05) is 24.3 Å². The number of carbonyl (C=O) groups is 2. The molecule has 2 aromatic rings. The summed E-state index contributed by atoms with van der Waals surface area (Å²) < 4.78 is 0. The standard InChI is InChI=1S/C23H18N4O2/c24-11-18-5-1-16(2-6-18)9-20-14-27(22(28)13-26)15-21(23(20)29)10-17-3-7-19(12-25)8-4-17/h1-10H,13-15,26H2/b20-9+,21-10+. The molecule has 0 aliphatic carbocycles. The minimum Gasteiger partial charge on any atom is -0.333 e. The molecule has 1 aliphatic rings. The van der Waals surface area contributed by atoms with E-state index in [9.17, 15) is 9.59 Å². The van der Waals surface area contributed by atoms with Crippen LogP contribution in [0.25, 0.3) is 12.2 Å². The minimum absolute atomic E-state index is 0.136. The van der Waals surface area contributed by atoms with E-state index in [2.05, 4.69) is 12.1 Å². The first-order chi connectivity index (χ1) is 14.0. The number of hydrogen-bond acceptors (Lipinski definition) is 5. The fraction of sp³-hybridized carbons (Fsp3) is 0.130. The largest absolute Gasteiger partial charge is 0.333 e. The van der Waals surface area contributed by atoms with Crippen molar-refractivity contribution in [1.82, 2.24) is 4.90 Å². The molecule has 0 spiro atoms. The first kappa shape index (κ1) is 19.8. The second-order valence-corrected chi connectivity index (χ2v) is 6.59. The Kier molecular flexibility index (Phi) is 5.99. The molecule has 2 aromatic carbocycles. The Balaban J connectivity index is 1.97. The molecular weight excluding hydrogens is 364 g/mol. The summed E-state index contributed by atoms with van der Waals surface area (Å²) >= 11 is 0. The van der Waals surface area contributed by atoms with Crippen molar-refractivity contribution >= 4 is 23.8 Å². The molecule has 1 heterocycles. The summed E-state index contributed by atoms with van der Waals surface area (Å²) in [6, 6.07) is 17.8. The molecule has 1 fully saturated rings. The number of hydrogen-bond donors (Lipinski definition) is 1. The Bertz CT molecular complexity index is 1000. The molecule has 6 nitrogen and oxygen atoms in total. The number of Topliss-reactive ketones (excluding diaryl/α,β-unsaturated/α-hetero) is 1. The first-order valence-corrected chi connectivity index (χ1v) is 8.98. The Morgan fingerprint density at radius 3 is 1.66 bits per heavy atom. The van der Waals surface area contributed by atoms with Crippen LogP contribution in [0.15, 0.2) is 59.7 Å². The molecule has 0 unspecified atom stereocenters. The lowest BCUT2D eigenvalue weighted by Crippen LogP contribution is -2.44. The topological polar surface area (TPSA) is 111 Å². The molecule has 1 aliphatic heterocycles. The summed E-state index contributed by atoms with van der Waals surface area (Å²) in [4.78, 5) is 26.8. The lowest BCUT2D eigenvalue weighted by molar-refractivity contribution is -0.129. The van der Waals surface area contributed by atoms with Gasteiger partial charge in [-0.2, -0.15) is 10.5 Å². The highest BCUT2D eigenvalue weighted by atomic mass is 16.2. The third kappa shape index (κ3) is 4.65. The van der Waals surface area contributed by atoms with Crippen LogP contribution >= 0.6 is 0 Å². The number of nitriles is 2. The molecule has 6 heteroatoms. The molecular formula is C23H18N4O2. The van der Waals surface area contributed by atoms with Gasteiger partial charge in [-0.15, -0.1) is 0 Å². The van der Waals surface area contributed by atoms with Crippen molar-refractivity contribution in [1.29, 1.82) is 10.5 Å². The summed E-state index contributed by atoms with van der Waals surface area (Å²) in [5.74, 6) is -0.381. The maximum absolute atomic E-state index is 13.0. The fourth-order valence-corrected chi connectivity index (χ4v) is 3.05. The molecule has 0 atom stereocenters. The molecule has 1 saturated heterocycles. The number of rotatable bonds is 3. The van der Waals surface area contributed by atoms with Crippen molar-refractivity contribution in [2.45, 2.75) is 0 Å². The van der Waals surface area contributed by atoms with Crippen LogP contribution < -0.4 is 5.73 Å². The fourth-order valence-electron chi connectivity index (χ4n) is 3.05. The van der Waals surface area contributed by atoms with E-state index in [4.69, 9.17) is 16.3 Å². The summed E-state index contributed by atoms with van der Waals surface area (Å²) in [6.45, 7) is 0.224. The van der Waals surface area contributed by atoms with E-state index in [1.807, 2.05) is 0 Å². The van der Waals surface area contributed by atoms with Gasteiger partial charge in [-0.05, 0) is 47.5 Å². The maximum atomic E-state index is 13.0. The van der Waals surface area contributed by atoms with Crippen LogP contribution in [0.5, 0.6) is 0 Å². The highest BCUT2D eigenvalue weighted by Gasteiger charge is 2.28. The number of nitrogens with zero attached hydrogens (tertiary/aromatic N) is 3. The van der Waals surface area contributed by atoms with Crippen LogP contribution in [0, 0.1) is 22.7 Å². The zero-order valence-corrected chi connectivity index (χ0v) is 15.6. The molecule has 0 bridgehead atoms. The van der Waals surface area contributed by atoms with Crippen LogP contribution in [-0.2, 0) is 9.59 Å². The van der Waals surface area contributed by atoms with E-state index >= 15 is 0 Å². The predicted octanol–water partition coefficient (Wildman–Crippen LogP) is 2.27.